The lowest BCUT2D eigenvalue weighted by Gasteiger charge is -2.09. The third-order valence-electron chi connectivity index (χ3n) is 4.31. The lowest BCUT2D eigenvalue weighted by atomic mass is 10.0. The van der Waals surface area contributed by atoms with Crippen LogP contribution >= 0.6 is 0 Å². The van der Waals surface area contributed by atoms with Gasteiger partial charge in [-0.3, -0.25) is 14.6 Å². The van der Waals surface area contributed by atoms with Gasteiger partial charge in [0.15, 0.2) is 17.3 Å². The predicted octanol–water partition coefficient (Wildman–Crippen LogP) is 4.37. The highest BCUT2D eigenvalue weighted by atomic mass is 16.5. The minimum Gasteiger partial charge on any atom is -0.493 e. The molecule has 0 aliphatic carbocycles. The summed E-state index contributed by atoms with van der Waals surface area (Å²) in [6.07, 6.45) is 5.34. The summed E-state index contributed by atoms with van der Waals surface area (Å²) >= 11 is 0. The van der Waals surface area contributed by atoms with Crippen molar-refractivity contribution in [2.75, 3.05) is 14.2 Å². The number of hydrogen-bond donors (Lipinski definition) is 1. The van der Waals surface area contributed by atoms with E-state index in [0.29, 0.717) is 29.9 Å². The second kappa shape index (κ2) is 10.3. The summed E-state index contributed by atoms with van der Waals surface area (Å²) in [5.41, 5.74) is 2.22. The molecule has 27 heavy (non-hydrogen) atoms. The average molecular weight is 371 g/mol. The summed E-state index contributed by atoms with van der Waals surface area (Å²) in [5.74, 6) is 0.558. The molecule has 1 aromatic heterocycles. The van der Waals surface area contributed by atoms with E-state index in [2.05, 4.69) is 4.98 Å². The molecular formula is C21H25NO5. The van der Waals surface area contributed by atoms with Gasteiger partial charge in [-0.1, -0.05) is 12.8 Å². The van der Waals surface area contributed by atoms with Crippen molar-refractivity contribution in [3.63, 3.8) is 0 Å². The lowest BCUT2D eigenvalue weighted by Crippen LogP contribution is -2.00. The van der Waals surface area contributed by atoms with E-state index in [1.807, 2.05) is 24.3 Å². The van der Waals surface area contributed by atoms with Crippen LogP contribution in [-0.4, -0.2) is 36.1 Å². The zero-order valence-corrected chi connectivity index (χ0v) is 15.7. The number of rotatable bonds is 11. The first-order valence-corrected chi connectivity index (χ1v) is 8.98. The number of methoxy groups -OCH3 is 2. The van der Waals surface area contributed by atoms with Crippen molar-refractivity contribution in [3.8, 4) is 22.8 Å². The van der Waals surface area contributed by atoms with Crippen LogP contribution in [0.2, 0.25) is 0 Å². The fraction of sp³-hybridized carbons (Fsp3) is 0.381. The molecule has 6 nitrogen and oxygen atoms in total. The molecule has 144 valence electrons. The van der Waals surface area contributed by atoms with Gasteiger partial charge in [-0.2, -0.15) is 0 Å². The number of benzene rings is 1. The zero-order chi connectivity index (χ0) is 19.6. The number of hydrogen-bond acceptors (Lipinski definition) is 5. The molecule has 1 aromatic carbocycles. The van der Waals surface area contributed by atoms with Crippen molar-refractivity contribution < 1.29 is 24.2 Å². The summed E-state index contributed by atoms with van der Waals surface area (Å²) < 4.78 is 10.5. The molecule has 0 aliphatic rings. The number of carboxylic acids is 1. The van der Waals surface area contributed by atoms with Gasteiger partial charge < -0.3 is 14.6 Å². The average Bonchev–Trinajstić information content (AvgIpc) is 2.69. The minimum absolute atomic E-state index is 0.0552. The summed E-state index contributed by atoms with van der Waals surface area (Å²) in [6.45, 7) is 0. The van der Waals surface area contributed by atoms with Gasteiger partial charge in [0.1, 0.15) is 0 Å². The van der Waals surface area contributed by atoms with E-state index in [-0.39, 0.29) is 12.2 Å². The first kappa shape index (κ1) is 20.4. The molecule has 0 fully saturated rings. The number of ether oxygens (including phenoxy) is 2. The highest BCUT2D eigenvalue weighted by Crippen LogP contribution is 2.31. The predicted molar refractivity (Wildman–Crippen MR) is 102 cm³/mol. The van der Waals surface area contributed by atoms with Crippen molar-refractivity contribution in [1.29, 1.82) is 0 Å². The van der Waals surface area contributed by atoms with Gasteiger partial charge in [-0.25, -0.2) is 0 Å². The maximum absolute atomic E-state index is 12.2. The van der Waals surface area contributed by atoms with Gasteiger partial charge in [0.2, 0.25) is 0 Å². The smallest absolute Gasteiger partial charge is 0.303 e. The molecule has 2 aromatic rings. The van der Waals surface area contributed by atoms with E-state index < -0.39 is 5.97 Å². The Hall–Kier alpha value is -2.89. The molecule has 0 bridgehead atoms. The summed E-state index contributed by atoms with van der Waals surface area (Å²) in [4.78, 5) is 27.1. The Bertz CT molecular complexity index is 771. The number of ketones is 1. The van der Waals surface area contributed by atoms with Crippen LogP contribution < -0.4 is 9.47 Å². The number of carbonyl (C=O) groups excluding carboxylic acids is 1. The second-order valence-electron chi connectivity index (χ2n) is 6.23. The van der Waals surface area contributed by atoms with Crippen LogP contribution in [-0.2, 0) is 4.79 Å². The number of nitrogens with zero attached hydrogens (tertiary/aromatic N) is 1. The van der Waals surface area contributed by atoms with Crippen LogP contribution in [0.25, 0.3) is 11.3 Å². The summed E-state index contributed by atoms with van der Waals surface area (Å²) in [6, 6.07) is 9.16. The van der Waals surface area contributed by atoms with Gasteiger partial charge in [-0.05, 0) is 43.2 Å². The van der Waals surface area contributed by atoms with Crippen LogP contribution in [0.1, 0.15) is 48.9 Å². The monoisotopic (exact) mass is 371 g/mol. The number of pyridine rings is 1. The third kappa shape index (κ3) is 6.09. The van der Waals surface area contributed by atoms with Crippen molar-refractivity contribution >= 4 is 11.8 Å². The third-order valence-corrected chi connectivity index (χ3v) is 4.31. The Morgan fingerprint density at radius 1 is 0.926 bits per heavy atom. The quantitative estimate of drug-likeness (QED) is 0.466. The molecular weight excluding hydrogens is 346 g/mol. The molecule has 0 atom stereocenters. The maximum atomic E-state index is 12.2. The molecule has 0 unspecified atom stereocenters. The molecule has 6 heteroatoms. The number of aliphatic carboxylic acids is 1. The number of aromatic nitrogens is 1. The van der Waals surface area contributed by atoms with Crippen LogP contribution in [0.3, 0.4) is 0 Å². The summed E-state index contributed by atoms with van der Waals surface area (Å²) in [7, 11) is 3.17. The van der Waals surface area contributed by atoms with Crippen LogP contribution in [0.15, 0.2) is 36.5 Å². The topological polar surface area (TPSA) is 85.7 Å². The van der Waals surface area contributed by atoms with Gasteiger partial charge in [0.05, 0.1) is 19.9 Å². The number of carbonyl (C=O) groups is 2. The molecule has 1 N–H and O–H groups in total. The molecule has 0 aliphatic heterocycles. The lowest BCUT2D eigenvalue weighted by molar-refractivity contribution is -0.137. The highest BCUT2D eigenvalue weighted by Gasteiger charge is 2.10. The molecule has 0 spiro atoms. The van der Waals surface area contributed by atoms with Crippen molar-refractivity contribution in [2.24, 2.45) is 0 Å². The highest BCUT2D eigenvalue weighted by molar-refractivity contribution is 5.96. The van der Waals surface area contributed by atoms with Gasteiger partial charge in [0.25, 0.3) is 0 Å². The molecule has 0 saturated heterocycles. The Morgan fingerprint density at radius 3 is 2.22 bits per heavy atom. The summed E-state index contributed by atoms with van der Waals surface area (Å²) in [5, 5.41) is 8.59. The van der Waals surface area contributed by atoms with Crippen LogP contribution in [0.5, 0.6) is 11.5 Å². The van der Waals surface area contributed by atoms with E-state index in [1.165, 1.54) is 0 Å². The Balaban J connectivity index is 1.91. The first-order valence-electron chi connectivity index (χ1n) is 8.98. The van der Waals surface area contributed by atoms with E-state index in [0.717, 1.165) is 30.5 Å². The second-order valence-corrected chi connectivity index (χ2v) is 6.23. The van der Waals surface area contributed by atoms with E-state index >= 15 is 0 Å². The Kier molecular flexibility index (Phi) is 7.79. The fourth-order valence-corrected chi connectivity index (χ4v) is 2.78. The van der Waals surface area contributed by atoms with Crippen molar-refractivity contribution in [1.82, 2.24) is 4.98 Å². The molecule has 0 saturated carbocycles. The van der Waals surface area contributed by atoms with Crippen molar-refractivity contribution in [2.45, 2.75) is 38.5 Å². The van der Waals surface area contributed by atoms with Gasteiger partial charge in [-0.15, -0.1) is 0 Å². The molecule has 0 amide bonds. The van der Waals surface area contributed by atoms with Gasteiger partial charge >= 0.3 is 5.97 Å². The number of unbranched alkanes of at least 4 members (excludes halogenated alkanes) is 3. The zero-order valence-electron chi connectivity index (χ0n) is 15.7. The SMILES string of the molecule is COc1ccc(-c2ccc(C(=O)CCCCCCC(=O)O)cn2)cc1OC. The van der Waals surface area contributed by atoms with E-state index in [9.17, 15) is 9.59 Å². The largest absolute Gasteiger partial charge is 0.493 e. The van der Waals surface area contributed by atoms with Crippen LogP contribution in [0.4, 0.5) is 0 Å². The number of Topliss-reactive ketones (excluding diaryl/α,β-unsaturated/α-hetero) is 1. The van der Waals surface area contributed by atoms with E-state index in [1.54, 1.807) is 26.5 Å². The fourth-order valence-electron chi connectivity index (χ4n) is 2.78. The first-order chi connectivity index (χ1) is 13.0. The minimum atomic E-state index is -0.772. The van der Waals surface area contributed by atoms with Crippen molar-refractivity contribution in [3.05, 3.63) is 42.1 Å². The normalized spacial score (nSPS) is 10.4. The molecule has 1 heterocycles. The van der Waals surface area contributed by atoms with E-state index in [4.69, 9.17) is 14.6 Å². The Morgan fingerprint density at radius 2 is 1.63 bits per heavy atom. The van der Waals surface area contributed by atoms with Crippen LogP contribution in [0, 0.1) is 0 Å². The van der Waals surface area contributed by atoms with Gasteiger partial charge in [0, 0.05) is 30.2 Å². The molecule has 0 radical (unpaired) electrons. The molecule has 2 rings (SSSR count). The maximum Gasteiger partial charge on any atom is 0.303 e. The Labute approximate surface area is 159 Å². The standard InChI is InChI=1S/C21H25NO5/c1-26-19-12-10-15(13-20(19)27-2)17-11-9-16(14-22-17)18(23)7-5-3-4-6-8-21(24)25/h9-14H,3-8H2,1-2H3,(H,24,25). The number of carboxylic acid groups (broad SMARTS) is 1.